The van der Waals surface area contributed by atoms with Crippen LogP contribution >= 0.6 is 0 Å². The summed E-state index contributed by atoms with van der Waals surface area (Å²) in [6.45, 7) is 9.71. The number of hydrogen-bond donors (Lipinski definition) is 0. The van der Waals surface area contributed by atoms with E-state index in [4.69, 9.17) is 28.4 Å². The number of rotatable bonds is 19. The normalized spacial score (nSPS) is 13.7. The third-order valence-electron chi connectivity index (χ3n) is 5.03. The van der Waals surface area contributed by atoms with Crippen molar-refractivity contribution in [1.29, 1.82) is 0 Å². The van der Waals surface area contributed by atoms with E-state index in [0.29, 0.717) is 12.8 Å². The fourth-order valence-corrected chi connectivity index (χ4v) is 2.65. The van der Waals surface area contributed by atoms with Gasteiger partial charge in [0.2, 0.25) is 0 Å². The largest absolute Gasteiger partial charge is 0.463 e. The van der Waals surface area contributed by atoms with E-state index in [0.717, 1.165) is 12.8 Å². The minimum absolute atomic E-state index is 0.0746. The van der Waals surface area contributed by atoms with Crippen molar-refractivity contribution in [2.75, 3.05) is 13.2 Å². The number of ether oxygens (including phenoxy) is 6. The van der Waals surface area contributed by atoms with Crippen molar-refractivity contribution in [3.8, 4) is 0 Å². The molecular weight excluding hydrogens is 504 g/mol. The number of carbonyl (C=O) groups excluding carboxylic acids is 6. The van der Waals surface area contributed by atoms with Crippen LogP contribution in [0.2, 0.25) is 0 Å². The van der Waals surface area contributed by atoms with Gasteiger partial charge in [-0.25, -0.2) is 19.2 Å². The van der Waals surface area contributed by atoms with Crippen LogP contribution in [0.5, 0.6) is 0 Å². The first kappa shape index (κ1) is 34.8. The molecule has 0 aromatic rings. The predicted octanol–water partition coefficient (Wildman–Crippen LogP) is 2.96. The molecule has 0 fully saturated rings. The van der Waals surface area contributed by atoms with Crippen molar-refractivity contribution in [2.24, 2.45) is 0 Å². The van der Waals surface area contributed by atoms with E-state index in [1.165, 1.54) is 27.7 Å². The Morgan fingerprint density at radius 3 is 1.11 bits per heavy atom. The van der Waals surface area contributed by atoms with Crippen molar-refractivity contribution in [3.05, 3.63) is 0 Å². The van der Waals surface area contributed by atoms with Crippen molar-refractivity contribution < 1.29 is 57.2 Å². The molecule has 0 aromatic heterocycles. The molecule has 0 saturated heterocycles. The van der Waals surface area contributed by atoms with Crippen LogP contribution in [0.3, 0.4) is 0 Å². The maximum absolute atomic E-state index is 12.0. The van der Waals surface area contributed by atoms with Crippen LogP contribution < -0.4 is 0 Å². The molecule has 0 aliphatic rings. The minimum Gasteiger partial charge on any atom is -0.463 e. The standard InChI is InChI=1S/C26H42O12/c1-7-9-15-33-23(29)17(3)37-25(31)19(5)35-21(27)13-11-12-14-22(28)36-20(6)26(32)38-18(4)24(30)34-16-10-8-2/h17-20H,7-16H2,1-6H3. The summed E-state index contributed by atoms with van der Waals surface area (Å²) in [6, 6.07) is 0. The lowest BCUT2D eigenvalue weighted by Gasteiger charge is -2.17. The SMILES string of the molecule is CCCCOC(=O)C(C)OC(=O)C(C)OC(=O)CCCCC(=O)OC(C)C(=O)OC(C)C(=O)OCCCC. The van der Waals surface area contributed by atoms with Crippen LogP contribution in [0, 0.1) is 0 Å². The van der Waals surface area contributed by atoms with Crippen LogP contribution in [-0.4, -0.2) is 73.4 Å². The number of esters is 6. The maximum atomic E-state index is 12.0. The van der Waals surface area contributed by atoms with Crippen molar-refractivity contribution in [3.63, 3.8) is 0 Å². The van der Waals surface area contributed by atoms with Crippen molar-refractivity contribution in [2.45, 2.75) is 117 Å². The van der Waals surface area contributed by atoms with Gasteiger partial charge in [0.25, 0.3) is 0 Å². The lowest BCUT2D eigenvalue weighted by Crippen LogP contribution is -2.33. The number of unbranched alkanes of at least 4 members (excludes halogenated alkanes) is 3. The van der Waals surface area contributed by atoms with E-state index in [1.807, 2.05) is 13.8 Å². The summed E-state index contributed by atoms with van der Waals surface area (Å²) < 4.78 is 29.9. The van der Waals surface area contributed by atoms with Gasteiger partial charge in [-0.15, -0.1) is 0 Å². The maximum Gasteiger partial charge on any atom is 0.347 e. The molecule has 4 unspecified atom stereocenters. The topological polar surface area (TPSA) is 158 Å². The monoisotopic (exact) mass is 546 g/mol. The third-order valence-corrected chi connectivity index (χ3v) is 5.03. The zero-order valence-corrected chi connectivity index (χ0v) is 23.3. The molecule has 0 spiro atoms. The average molecular weight is 547 g/mol. The molecule has 0 bridgehead atoms. The summed E-state index contributed by atoms with van der Waals surface area (Å²) in [6.07, 6.45) is -1.26. The lowest BCUT2D eigenvalue weighted by molar-refractivity contribution is -0.177. The zero-order chi connectivity index (χ0) is 29.1. The molecule has 0 rings (SSSR count). The van der Waals surface area contributed by atoms with Gasteiger partial charge in [-0.3, -0.25) is 9.59 Å². The van der Waals surface area contributed by atoms with E-state index >= 15 is 0 Å². The number of hydrogen-bond acceptors (Lipinski definition) is 12. The number of carbonyl (C=O) groups is 6. The molecule has 0 aromatic carbocycles. The second-order valence-corrected chi connectivity index (χ2v) is 8.67. The second-order valence-electron chi connectivity index (χ2n) is 8.67. The van der Waals surface area contributed by atoms with E-state index < -0.39 is 60.2 Å². The lowest BCUT2D eigenvalue weighted by atomic mass is 10.2. The molecule has 12 heteroatoms. The smallest absolute Gasteiger partial charge is 0.347 e. The van der Waals surface area contributed by atoms with Gasteiger partial charge in [0.1, 0.15) is 0 Å². The summed E-state index contributed by atoms with van der Waals surface area (Å²) in [5, 5.41) is 0. The van der Waals surface area contributed by atoms with Gasteiger partial charge >= 0.3 is 35.8 Å². The van der Waals surface area contributed by atoms with Gasteiger partial charge in [0, 0.05) is 12.8 Å². The van der Waals surface area contributed by atoms with Gasteiger partial charge < -0.3 is 28.4 Å². The summed E-state index contributed by atoms with van der Waals surface area (Å²) in [7, 11) is 0. The van der Waals surface area contributed by atoms with Gasteiger partial charge in [0.05, 0.1) is 13.2 Å². The Morgan fingerprint density at radius 1 is 0.474 bits per heavy atom. The van der Waals surface area contributed by atoms with Crippen LogP contribution in [0.4, 0.5) is 0 Å². The van der Waals surface area contributed by atoms with Crippen LogP contribution in [0.1, 0.15) is 92.9 Å². The molecule has 4 atom stereocenters. The van der Waals surface area contributed by atoms with Crippen molar-refractivity contribution >= 4 is 35.8 Å². The molecule has 0 aliphatic carbocycles. The molecule has 0 saturated carbocycles. The summed E-state index contributed by atoms with van der Waals surface area (Å²) in [5.74, 6) is -4.49. The molecule has 218 valence electrons. The Hall–Kier alpha value is -3.18. The third kappa shape index (κ3) is 15.8. The van der Waals surface area contributed by atoms with Crippen LogP contribution in [0.25, 0.3) is 0 Å². The molecule has 12 nitrogen and oxygen atoms in total. The van der Waals surface area contributed by atoms with Gasteiger partial charge in [0.15, 0.2) is 24.4 Å². The van der Waals surface area contributed by atoms with E-state index in [1.54, 1.807) is 0 Å². The zero-order valence-electron chi connectivity index (χ0n) is 23.3. The Balaban J connectivity index is 4.21. The highest BCUT2D eigenvalue weighted by atomic mass is 16.6. The molecule has 0 amide bonds. The second kappa shape index (κ2) is 19.9. The summed E-state index contributed by atoms with van der Waals surface area (Å²) in [5.41, 5.74) is 0. The first-order chi connectivity index (χ1) is 17.9. The molecule has 0 heterocycles. The molecular formula is C26H42O12. The fraction of sp³-hybridized carbons (Fsp3) is 0.769. The quantitative estimate of drug-likeness (QED) is 0.133. The highest BCUT2D eigenvalue weighted by molar-refractivity contribution is 5.83. The van der Waals surface area contributed by atoms with E-state index in [2.05, 4.69) is 0 Å². The van der Waals surface area contributed by atoms with Crippen LogP contribution in [0.15, 0.2) is 0 Å². The summed E-state index contributed by atoms with van der Waals surface area (Å²) >= 11 is 0. The highest BCUT2D eigenvalue weighted by Gasteiger charge is 2.27. The molecule has 0 radical (unpaired) electrons. The van der Waals surface area contributed by atoms with Gasteiger partial charge in [-0.1, -0.05) is 26.7 Å². The molecule has 38 heavy (non-hydrogen) atoms. The predicted molar refractivity (Wildman–Crippen MR) is 132 cm³/mol. The van der Waals surface area contributed by atoms with Gasteiger partial charge in [-0.2, -0.15) is 0 Å². The van der Waals surface area contributed by atoms with E-state index in [9.17, 15) is 28.8 Å². The highest BCUT2D eigenvalue weighted by Crippen LogP contribution is 2.09. The van der Waals surface area contributed by atoms with Gasteiger partial charge in [-0.05, 0) is 53.4 Å². The Labute approximate surface area is 224 Å². The fourth-order valence-electron chi connectivity index (χ4n) is 2.65. The van der Waals surface area contributed by atoms with Crippen LogP contribution in [-0.2, 0) is 57.2 Å². The Bertz CT molecular complexity index is 714. The first-order valence-electron chi connectivity index (χ1n) is 13.1. The molecule has 0 N–H and O–H groups in total. The Morgan fingerprint density at radius 2 is 0.789 bits per heavy atom. The van der Waals surface area contributed by atoms with E-state index in [-0.39, 0.29) is 38.9 Å². The first-order valence-corrected chi connectivity index (χ1v) is 13.1. The summed E-state index contributed by atoms with van der Waals surface area (Å²) in [4.78, 5) is 71.5. The Kier molecular flexibility index (Phi) is 18.2. The minimum atomic E-state index is -1.23. The van der Waals surface area contributed by atoms with Crippen molar-refractivity contribution in [1.82, 2.24) is 0 Å². The molecule has 0 aliphatic heterocycles. The average Bonchev–Trinajstić information content (AvgIpc) is 2.86.